The molecule has 4 aromatic rings. The topological polar surface area (TPSA) is 61.0 Å². The van der Waals surface area contributed by atoms with E-state index < -0.39 is 0 Å². The highest BCUT2D eigenvalue weighted by atomic mass is 16.5. The number of anilines is 1. The minimum Gasteiger partial charge on any atom is -0.378 e. The lowest BCUT2D eigenvalue weighted by molar-refractivity contribution is 0.122. The van der Waals surface area contributed by atoms with Crippen LogP contribution in [0, 0.1) is 6.92 Å². The first-order valence-electron chi connectivity index (χ1n) is 10.4. The molecule has 0 amide bonds. The Morgan fingerprint density at radius 2 is 2.00 bits per heavy atom. The second-order valence-corrected chi connectivity index (χ2v) is 7.87. The number of hydrogen-bond donors (Lipinski definition) is 0. The maximum atomic E-state index is 5.57. The summed E-state index contributed by atoms with van der Waals surface area (Å²) in [5, 5.41) is 5.41. The molecule has 1 aliphatic rings. The van der Waals surface area contributed by atoms with Crippen molar-refractivity contribution < 1.29 is 4.74 Å². The molecule has 0 saturated carbocycles. The minimum absolute atomic E-state index is 0.725. The number of pyridine rings is 1. The van der Waals surface area contributed by atoms with Crippen molar-refractivity contribution in [3.05, 3.63) is 60.2 Å². The Bertz CT molecular complexity index is 1170. The lowest BCUT2D eigenvalue weighted by Gasteiger charge is -2.29. The molecule has 1 aliphatic heterocycles. The normalized spacial score (nSPS) is 14.5. The number of morpholine rings is 1. The van der Waals surface area contributed by atoms with E-state index in [1.165, 1.54) is 11.1 Å². The van der Waals surface area contributed by atoms with Crippen molar-refractivity contribution in [2.24, 2.45) is 7.05 Å². The summed E-state index contributed by atoms with van der Waals surface area (Å²) in [4.78, 5) is 12.1. The van der Waals surface area contributed by atoms with Gasteiger partial charge in [-0.1, -0.05) is 12.1 Å². The van der Waals surface area contributed by atoms with E-state index in [0.717, 1.165) is 67.4 Å². The van der Waals surface area contributed by atoms with Gasteiger partial charge in [0, 0.05) is 50.7 Å². The summed E-state index contributed by atoms with van der Waals surface area (Å²) in [7, 11) is 1.95. The SMILES string of the molecule is Cc1ccc2cc(-c3nccn3CCc3cnn(C)c3)c(N3CCOCC3)nc2c1. The molecule has 7 heteroatoms. The first kappa shape index (κ1) is 18.8. The first-order chi connectivity index (χ1) is 14.7. The molecule has 5 rings (SSSR count). The molecule has 4 heterocycles. The van der Waals surface area contributed by atoms with Crippen LogP contribution in [0.15, 0.2) is 49.1 Å². The van der Waals surface area contributed by atoms with Crippen molar-refractivity contribution in [1.82, 2.24) is 24.3 Å². The van der Waals surface area contributed by atoms with Crippen molar-refractivity contribution in [1.29, 1.82) is 0 Å². The predicted molar refractivity (Wildman–Crippen MR) is 118 cm³/mol. The van der Waals surface area contributed by atoms with Crippen LogP contribution in [-0.4, -0.2) is 50.6 Å². The van der Waals surface area contributed by atoms with Gasteiger partial charge in [0.1, 0.15) is 11.6 Å². The van der Waals surface area contributed by atoms with Crippen LogP contribution in [0.3, 0.4) is 0 Å². The maximum absolute atomic E-state index is 5.57. The summed E-state index contributed by atoms with van der Waals surface area (Å²) in [5.41, 5.74) is 4.53. The van der Waals surface area contributed by atoms with E-state index in [4.69, 9.17) is 14.7 Å². The van der Waals surface area contributed by atoms with E-state index in [1.54, 1.807) is 0 Å². The van der Waals surface area contributed by atoms with Crippen LogP contribution < -0.4 is 4.90 Å². The number of imidazole rings is 1. The predicted octanol–water partition coefficient (Wildman–Crippen LogP) is 3.22. The summed E-state index contributed by atoms with van der Waals surface area (Å²) >= 11 is 0. The average Bonchev–Trinajstić information content (AvgIpc) is 3.40. The molecule has 1 aromatic carbocycles. The highest BCUT2D eigenvalue weighted by molar-refractivity contribution is 5.88. The fraction of sp³-hybridized carbons (Fsp3) is 0.348. The van der Waals surface area contributed by atoms with Gasteiger partial charge < -0.3 is 14.2 Å². The van der Waals surface area contributed by atoms with Crippen molar-refractivity contribution in [2.45, 2.75) is 19.9 Å². The van der Waals surface area contributed by atoms with Crippen LogP contribution in [0.4, 0.5) is 5.82 Å². The summed E-state index contributed by atoms with van der Waals surface area (Å²) in [6.07, 6.45) is 8.82. The van der Waals surface area contributed by atoms with Crippen LogP contribution in [0.2, 0.25) is 0 Å². The van der Waals surface area contributed by atoms with Gasteiger partial charge in [-0.3, -0.25) is 4.68 Å². The smallest absolute Gasteiger partial charge is 0.143 e. The highest BCUT2D eigenvalue weighted by Crippen LogP contribution is 2.32. The van der Waals surface area contributed by atoms with Crippen LogP contribution in [-0.2, 0) is 24.8 Å². The second-order valence-electron chi connectivity index (χ2n) is 7.87. The first-order valence-corrected chi connectivity index (χ1v) is 10.4. The van der Waals surface area contributed by atoms with Gasteiger partial charge in [0.05, 0.1) is 30.5 Å². The molecule has 0 atom stereocenters. The number of aryl methyl sites for hydroxylation is 4. The third-order valence-electron chi connectivity index (χ3n) is 5.62. The van der Waals surface area contributed by atoms with E-state index in [1.807, 2.05) is 30.3 Å². The Hall–Kier alpha value is -3.19. The lowest BCUT2D eigenvalue weighted by Crippen LogP contribution is -2.37. The Morgan fingerprint density at radius 3 is 2.80 bits per heavy atom. The maximum Gasteiger partial charge on any atom is 0.143 e. The van der Waals surface area contributed by atoms with Gasteiger partial charge in [-0.05, 0) is 36.6 Å². The van der Waals surface area contributed by atoms with E-state index in [0.29, 0.717) is 0 Å². The monoisotopic (exact) mass is 402 g/mol. The molecule has 0 unspecified atom stereocenters. The van der Waals surface area contributed by atoms with Gasteiger partial charge >= 0.3 is 0 Å². The Kier molecular flexibility index (Phi) is 4.96. The van der Waals surface area contributed by atoms with Gasteiger partial charge in [-0.15, -0.1) is 0 Å². The Morgan fingerprint density at radius 1 is 1.13 bits per heavy atom. The molecule has 1 saturated heterocycles. The zero-order valence-electron chi connectivity index (χ0n) is 17.5. The van der Waals surface area contributed by atoms with Crippen LogP contribution in [0.1, 0.15) is 11.1 Å². The van der Waals surface area contributed by atoms with E-state index in [-0.39, 0.29) is 0 Å². The number of fused-ring (bicyclic) bond motifs is 1. The van der Waals surface area contributed by atoms with Crippen molar-refractivity contribution in [2.75, 3.05) is 31.2 Å². The average molecular weight is 403 g/mol. The summed E-state index contributed by atoms with van der Waals surface area (Å²) in [5.74, 6) is 1.94. The zero-order chi connectivity index (χ0) is 20.5. The van der Waals surface area contributed by atoms with E-state index >= 15 is 0 Å². The minimum atomic E-state index is 0.725. The fourth-order valence-corrected chi connectivity index (χ4v) is 4.03. The zero-order valence-corrected chi connectivity index (χ0v) is 17.5. The van der Waals surface area contributed by atoms with Crippen LogP contribution in [0.5, 0.6) is 0 Å². The molecule has 154 valence electrons. The van der Waals surface area contributed by atoms with Gasteiger partial charge in [0.25, 0.3) is 0 Å². The molecule has 0 aliphatic carbocycles. The summed E-state index contributed by atoms with van der Waals surface area (Å²) in [6, 6.07) is 8.66. The van der Waals surface area contributed by atoms with Crippen molar-refractivity contribution >= 4 is 16.7 Å². The van der Waals surface area contributed by atoms with Crippen molar-refractivity contribution in [3.8, 4) is 11.4 Å². The number of aromatic nitrogens is 5. The molecular weight excluding hydrogens is 376 g/mol. The Labute approximate surface area is 175 Å². The molecule has 30 heavy (non-hydrogen) atoms. The Balaban J connectivity index is 1.56. The fourth-order valence-electron chi connectivity index (χ4n) is 4.03. The van der Waals surface area contributed by atoms with E-state index in [9.17, 15) is 0 Å². The van der Waals surface area contributed by atoms with Crippen molar-refractivity contribution in [3.63, 3.8) is 0 Å². The van der Waals surface area contributed by atoms with Crippen LogP contribution in [0.25, 0.3) is 22.3 Å². The van der Waals surface area contributed by atoms with Gasteiger partial charge in [-0.25, -0.2) is 9.97 Å². The molecule has 1 fully saturated rings. The number of nitrogens with zero attached hydrogens (tertiary/aromatic N) is 6. The van der Waals surface area contributed by atoms with Crippen LogP contribution >= 0.6 is 0 Å². The molecule has 0 radical (unpaired) electrons. The molecule has 0 bridgehead atoms. The van der Waals surface area contributed by atoms with Gasteiger partial charge in [-0.2, -0.15) is 5.10 Å². The molecule has 7 nitrogen and oxygen atoms in total. The highest BCUT2D eigenvalue weighted by Gasteiger charge is 2.21. The van der Waals surface area contributed by atoms with E-state index in [2.05, 4.69) is 52.0 Å². The second kappa shape index (κ2) is 7.91. The molecule has 0 N–H and O–H groups in total. The lowest BCUT2D eigenvalue weighted by atomic mass is 10.1. The number of hydrogen-bond acceptors (Lipinski definition) is 5. The molecule has 0 spiro atoms. The molecule has 3 aromatic heterocycles. The van der Waals surface area contributed by atoms with Gasteiger partial charge in [0.15, 0.2) is 0 Å². The number of benzene rings is 1. The largest absolute Gasteiger partial charge is 0.378 e. The van der Waals surface area contributed by atoms with Gasteiger partial charge in [0.2, 0.25) is 0 Å². The third kappa shape index (κ3) is 3.68. The molecular formula is C23H26N6O. The summed E-state index contributed by atoms with van der Waals surface area (Å²) < 4.78 is 9.63. The standard InChI is InChI=1S/C23H26N6O/c1-17-3-4-19-14-20(23(26-21(19)13-17)29-9-11-30-12-10-29)22-24-6-8-28(22)7-5-18-15-25-27(2)16-18/h3-4,6,8,13-16H,5,7,9-12H2,1-2H3. The summed E-state index contributed by atoms with van der Waals surface area (Å²) in [6.45, 7) is 6.08. The number of ether oxygens (including phenoxy) is 1. The quantitative estimate of drug-likeness (QED) is 0.513. The third-order valence-corrected chi connectivity index (χ3v) is 5.62. The number of rotatable bonds is 5.